The van der Waals surface area contributed by atoms with Crippen LogP contribution in [0.25, 0.3) is 0 Å². The van der Waals surface area contributed by atoms with Gasteiger partial charge in [-0.1, -0.05) is 12.1 Å². The summed E-state index contributed by atoms with van der Waals surface area (Å²) in [4.78, 5) is 15.6. The van der Waals surface area contributed by atoms with Crippen LogP contribution in [0.1, 0.15) is 47.5 Å². The van der Waals surface area contributed by atoms with Crippen molar-refractivity contribution in [1.29, 1.82) is 0 Å². The smallest absolute Gasteiger partial charge is 0.399 e. The highest BCUT2D eigenvalue weighted by molar-refractivity contribution is 6.62. The van der Waals surface area contributed by atoms with Crippen molar-refractivity contribution in [3.05, 3.63) is 24.0 Å². The quantitative estimate of drug-likeness (QED) is 0.731. The zero-order valence-electron chi connectivity index (χ0n) is 17.5. The molecule has 0 radical (unpaired) electrons. The standard InChI is InChI=1S/C21H30BFN2O3/c1-15(26)24-11-9-21(10-12-24)13-25(14-21)17-8-6-7-16(18(17)23)22-27-19(2,3)20(4,5)28-22/h6-8H,9-14H2,1-5H3. The third kappa shape index (κ3) is 3.13. The molecular formula is C21H30BFN2O3. The molecule has 4 rings (SSSR count). The van der Waals surface area contributed by atoms with E-state index in [1.165, 1.54) is 0 Å². The second kappa shape index (κ2) is 6.46. The Hall–Kier alpha value is -1.60. The number of piperidine rings is 1. The van der Waals surface area contributed by atoms with Crippen molar-refractivity contribution in [2.45, 2.75) is 58.7 Å². The zero-order chi connectivity index (χ0) is 20.3. The molecule has 152 valence electrons. The highest BCUT2D eigenvalue weighted by Gasteiger charge is 2.53. The summed E-state index contributed by atoms with van der Waals surface area (Å²) >= 11 is 0. The van der Waals surface area contributed by atoms with Crippen molar-refractivity contribution < 1.29 is 18.5 Å². The number of benzene rings is 1. The molecule has 1 amide bonds. The van der Waals surface area contributed by atoms with Crippen LogP contribution in [0.2, 0.25) is 0 Å². The van der Waals surface area contributed by atoms with E-state index in [4.69, 9.17) is 9.31 Å². The molecule has 1 spiro atoms. The summed E-state index contributed by atoms with van der Waals surface area (Å²) in [5.41, 5.74) is 0.297. The van der Waals surface area contributed by atoms with Gasteiger partial charge in [0.25, 0.3) is 0 Å². The third-order valence-electron chi connectivity index (χ3n) is 7.18. The van der Waals surface area contributed by atoms with Gasteiger partial charge in [0.05, 0.1) is 16.9 Å². The van der Waals surface area contributed by atoms with Crippen molar-refractivity contribution in [3.63, 3.8) is 0 Å². The van der Waals surface area contributed by atoms with Gasteiger partial charge in [0.2, 0.25) is 5.91 Å². The Kier molecular flexibility index (Phi) is 4.55. The molecule has 3 aliphatic heterocycles. The predicted molar refractivity (Wildman–Crippen MR) is 108 cm³/mol. The molecule has 0 saturated carbocycles. The molecule has 3 fully saturated rings. The Morgan fingerprint density at radius 2 is 1.64 bits per heavy atom. The number of anilines is 1. The van der Waals surface area contributed by atoms with E-state index < -0.39 is 18.3 Å². The van der Waals surface area contributed by atoms with Crippen LogP contribution in [0.3, 0.4) is 0 Å². The van der Waals surface area contributed by atoms with E-state index in [1.54, 1.807) is 13.0 Å². The van der Waals surface area contributed by atoms with Crippen molar-refractivity contribution >= 4 is 24.2 Å². The second-order valence-corrected chi connectivity index (χ2v) is 9.63. The summed E-state index contributed by atoms with van der Waals surface area (Å²) < 4.78 is 27.5. The minimum atomic E-state index is -0.695. The van der Waals surface area contributed by atoms with Crippen molar-refractivity contribution in [3.8, 4) is 0 Å². The Bertz CT molecular complexity index is 766. The van der Waals surface area contributed by atoms with Crippen molar-refractivity contribution in [2.75, 3.05) is 31.1 Å². The van der Waals surface area contributed by atoms with Gasteiger partial charge in [-0.3, -0.25) is 4.79 Å². The molecule has 28 heavy (non-hydrogen) atoms. The van der Waals surface area contributed by atoms with Gasteiger partial charge in [-0.15, -0.1) is 0 Å². The van der Waals surface area contributed by atoms with E-state index >= 15 is 4.39 Å². The molecule has 0 atom stereocenters. The van der Waals surface area contributed by atoms with E-state index in [1.807, 2.05) is 44.7 Å². The van der Waals surface area contributed by atoms with Crippen LogP contribution in [0.4, 0.5) is 10.1 Å². The average molecular weight is 388 g/mol. The number of halogens is 1. The highest BCUT2D eigenvalue weighted by Crippen LogP contribution is 2.43. The van der Waals surface area contributed by atoms with Gasteiger partial charge < -0.3 is 19.1 Å². The maximum Gasteiger partial charge on any atom is 0.497 e. The number of likely N-dealkylation sites (tertiary alicyclic amines) is 1. The maximum absolute atomic E-state index is 15.4. The number of carbonyl (C=O) groups is 1. The lowest BCUT2D eigenvalue weighted by molar-refractivity contribution is -0.131. The summed E-state index contributed by atoms with van der Waals surface area (Å²) in [6, 6.07) is 5.46. The Morgan fingerprint density at radius 1 is 1.07 bits per heavy atom. The van der Waals surface area contributed by atoms with Gasteiger partial charge in [-0.25, -0.2) is 4.39 Å². The summed E-state index contributed by atoms with van der Waals surface area (Å²) in [5.74, 6) is -0.107. The molecule has 3 saturated heterocycles. The van der Waals surface area contributed by atoms with Crippen LogP contribution < -0.4 is 10.4 Å². The fourth-order valence-electron chi connectivity index (χ4n) is 4.48. The van der Waals surface area contributed by atoms with Gasteiger partial charge in [-0.2, -0.15) is 0 Å². The fourth-order valence-corrected chi connectivity index (χ4v) is 4.48. The van der Waals surface area contributed by atoms with E-state index in [2.05, 4.69) is 4.90 Å². The van der Waals surface area contributed by atoms with E-state index in [0.717, 1.165) is 39.0 Å². The molecule has 3 heterocycles. The van der Waals surface area contributed by atoms with Gasteiger partial charge in [0.15, 0.2) is 0 Å². The van der Waals surface area contributed by atoms with E-state index in [0.29, 0.717) is 11.2 Å². The van der Waals surface area contributed by atoms with E-state index in [9.17, 15) is 4.79 Å². The molecule has 7 heteroatoms. The summed E-state index contributed by atoms with van der Waals surface area (Å²) in [5, 5.41) is 0. The molecular weight excluding hydrogens is 358 g/mol. The van der Waals surface area contributed by atoms with Crippen LogP contribution in [0, 0.1) is 11.2 Å². The number of hydrogen-bond donors (Lipinski definition) is 0. The minimum absolute atomic E-state index is 0.146. The molecule has 1 aromatic carbocycles. The van der Waals surface area contributed by atoms with Crippen molar-refractivity contribution in [2.24, 2.45) is 5.41 Å². The molecule has 0 aliphatic carbocycles. The van der Waals surface area contributed by atoms with E-state index in [-0.39, 0.29) is 17.1 Å². The van der Waals surface area contributed by atoms with Crippen LogP contribution in [0.15, 0.2) is 18.2 Å². The molecule has 0 unspecified atom stereocenters. The zero-order valence-corrected chi connectivity index (χ0v) is 17.5. The minimum Gasteiger partial charge on any atom is -0.399 e. The fraction of sp³-hybridized carbons (Fsp3) is 0.667. The van der Waals surface area contributed by atoms with Crippen LogP contribution in [-0.2, 0) is 14.1 Å². The molecule has 5 nitrogen and oxygen atoms in total. The number of nitrogens with zero attached hydrogens (tertiary/aromatic N) is 2. The van der Waals surface area contributed by atoms with Gasteiger partial charge in [0.1, 0.15) is 5.82 Å². The average Bonchev–Trinajstić information content (AvgIpc) is 2.80. The Balaban J connectivity index is 1.47. The maximum atomic E-state index is 15.4. The second-order valence-electron chi connectivity index (χ2n) is 9.63. The highest BCUT2D eigenvalue weighted by atomic mass is 19.1. The summed E-state index contributed by atoms with van der Waals surface area (Å²) in [6.45, 7) is 12.8. The summed E-state index contributed by atoms with van der Waals surface area (Å²) in [7, 11) is -0.695. The lowest BCUT2D eigenvalue weighted by Crippen LogP contribution is -2.61. The number of hydrogen-bond acceptors (Lipinski definition) is 4. The first-order chi connectivity index (χ1) is 13.0. The first-order valence-electron chi connectivity index (χ1n) is 10.2. The van der Waals surface area contributed by atoms with Gasteiger partial charge in [-0.05, 0) is 46.6 Å². The number of carbonyl (C=O) groups excluding carboxylic acids is 1. The lowest BCUT2D eigenvalue weighted by Gasteiger charge is -2.55. The van der Waals surface area contributed by atoms with Gasteiger partial charge in [0, 0.05) is 44.0 Å². The van der Waals surface area contributed by atoms with Crippen molar-refractivity contribution in [1.82, 2.24) is 4.90 Å². The number of rotatable bonds is 2. The third-order valence-corrected chi connectivity index (χ3v) is 7.18. The summed E-state index contributed by atoms with van der Waals surface area (Å²) in [6.07, 6.45) is 1.98. The van der Waals surface area contributed by atoms with Crippen LogP contribution in [0.5, 0.6) is 0 Å². The first kappa shape index (κ1) is 19.7. The molecule has 1 aromatic rings. The van der Waals surface area contributed by atoms with Crippen LogP contribution >= 0.6 is 0 Å². The molecule has 0 N–H and O–H groups in total. The molecule has 0 aromatic heterocycles. The van der Waals surface area contributed by atoms with Gasteiger partial charge >= 0.3 is 7.12 Å². The monoisotopic (exact) mass is 388 g/mol. The Morgan fingerprint density at radius 3 is 2.18 bits per heavy atom. The lowest BCUT2D eigenvalue weighted by atomic mass is 9.71. The number of amides is 1. The first-order valence-corrected chi connectivity index (χ1v) is 10.2. The molecule has 3 aliphatic rings. The van der Waals surface area contributed by atoms with Crippen LogP contribution in [-0.4, -0.2) is 55.3 Å². The Labute approximate surface area is 167 Å². The normalized spacial score (nSPS) is 25.1. The molecule has 0 bridgehead atoms. The SMILES string of the molecule is CC(=O)N1CCC2(CC1)CN(c1cccc(B3OC(C)(C)C(C)(C)O3)c1F)C2. The topological polar surface area (TPSA) is 42.0 Å². The largest absolute Gasteiger partial charge is 0.497 e. The predicted octanol–water partition coefficient (Wildman–Crippen LogP) is 2.57.